The van der Waals surface area contributed by atoms with Crippen molar-refractivity contribution in [2.45, 2.75) is 13.3 Å². The highest BCUT2D eigenvalue weighted by atomic mass is 19.1. The summed E-state index contributed by atoms with van der Waals surface area (Å²) in [7, 11) is 0. The quantitative estimate of drug-likeness (QED) is 0.625. The van der Waals surface area contributed by atoms with Gasteiger partial charge in [-0.05, 0) is 24.6 Å². The first-order valence-corrected chi connectivity index (χ1v) is 5.23. The zero-order chi connectivity index (χ0) is 12.3. The van der Waals surface area contributed by atoms with E-state index in [4.69, 9.17) is 5.84 Å². The van der Waals surface area contributed by atoms with Crippen molar-refractivity contribution < 1.29 is 4.39 Å². The molecule has 1 aromatic heterocycles. The smallest absolute Gasteiger partial charge is 0.143 e. The van der Waals surface area contributed by atoms with Gasteiger partial charge in [0, 0.05) is 18.2 Å². The minimum atomic E-state index is -0.247. The van der Waals surface area contributed by atoms with Crippen molar-refractivity contribution in [3.63, 3.8) is 0 Å². The summed E-state index contributed by atoms with van der Waals surface area (Å²) >= 11 is 0. The van der Waals surface area contributed by atoms with Gasteiger partial charge in [-0.1, -0.05) is 12.1 Å². The molecule has 2 aromatic rings. The van der Waals surface area contributed by atoms with E-state index in [9.17, 15) is 4.39 Å². The molecule has 0 aliphatic carbocycles. The number of anilines is 1. The normalized spacial score (nSPS) is 10.3. The Morgan fingerprint density at radius 1 is 1.24 bits per heavy atom. The summed E-state index contributed by atoms with van der Waals surface area (Å²) in [6.07, 6.45) is 0.552. The van der Waals surface area contributed by atoms with Crippen LogP contribution < -0.4 is 11.3 Å². The van der Waals surface area contributed by atoms with Crippen LogP contribution in [0.25, 0.3) is 0 Å². The van der Waals surface area contributed by atoms with Crippen molar-refractivity contribution in [2.24, 2.45) is 5.84 Å². The Kier molecular flexibility index (Phi) is 3.30. The van der Waals surface area contributed by atoms with Gasteiger partial charge < -0.3 is 5.43 Å². The Hall–Kier alpha value is -2.01. The molecule has 0 aliphatic heterocycles. The SMILES string of the molecule is Cc1cc(NN)nc(Cc2ccc(F)cc2)n1. The summed E-state index contributed by atoms with van der Waals surface area (Å²) in [5, 5.41) is 0. The Balaban J connectivity index is 2.23. The summed E-state index contributed by atoms with van der Waals surface area (Å²) in [6.45, 7) is 1.87. The molecule has 3 N–H and O–H groups in total. The Bertz CT molecular complexity index is 510. The molecule has 0 aliphatic rings. The molecule has 0 bridgehead atoms. The number of nitrogens with zero attached hydrogens (tertiary/aromatic N) is 2. The van der Waals surface area contributed by atoms with Crippen LogP contribution in [0.1, 0.15) is 17.1 Å². The van der Waals surface area contributed by atoms with E-state index in [1.165, 1.54) is 12.1 Å². The second kappa shape index (κ2) is 4.88. The number of hydrogen-bond acceptors (Lipinski definition) is 4. The van der Waals surface area contributed by atoms with Gasteiger partial charge in [0.05, 0.1) is 0 Å². The molecule has 0 atom stereocenters. The first-order valence-electron chi connectivity index (χ1n) is 5.23. The fourth-order valence-electron chi connectivity index (χ4n) is 1.57. The number of nitrogens with two attached hydrogens (primary N) is 1. The molecule has 0 fully saturated rings. The van der Waals surface area contributed by atoms with E-state index >= 15 is 0 Å². The third-order valence-electron chi connectivity index (χ3n) is 2.32. The van der Waals surface area contributed by atoms with Crippen LogP contribution in [0.15, 0.2) is 30.3 Å². The number of aromatic nitrogens is 2. The molecule has 1 aromatic carbocycles. The van der Waals surface area contributed by atoms with Crippen molar-refractivity contribution in [2.75, 3.05) is 5.43 Å². The predicted molar refractivity (Wildman–Crippen MR) is 63.8 cm³/mol. The topological polar surface area (TPSA) is 63.8 Å². The van der Waals surface area contributed by atoms with Crippen LogP contribution in [0.2, 0.25) is 0 Å². The van der Waals surface area contributed by atoms with Crippen LogP contribution in [0.5, 0.6) is 0 Å². The van der Waals surface area contributed by atoms with E-state index in [2.05, 4.69) is 15.4 Å². The number of benzene rings is 1. The zero-order valence-electron chi connectivity index (χ0n) is 9.44. The lowest BCUT2D eigenvalue weighted by Crippen LogP contribution is -2.11. The number of rotatable bonds is 3. The second-order valence-electron chi connectivity index (χ2n) is 3.76. The molecule has 17 heavy (non-hydrogen) atoms. The number of halogens is 1. The van der Waals surface area contributed by atoms with Gasteiger partial charge in [-0.15, -0.1) is 0 Å². The van der Waals surface area contributed by atoms with Gasteiger partial charge in [0.1, 0.15) is 17.5 Å². The van der Waals surface area contributed by atoms with Gasteiger partial charge in [-0.25, -0.2) is 20.2 Å². The molecule has 4 nitrogen and oxygen atoms in total. The minimum absolute atomic E-state index is 0.247. The third-order valence-corrected chi connectivity index (χ3v) is 2.32. The maximum atomic E-state index is 12.8. The van der Waals surface area contributed by atoms with E-state index < -0.39 is 0 Å². The van der Waals surface area contributed by atoms with E-state index in [0.29, 0.717) is 18.1 Å². The van der Waals surface area contributed by atoms with Gasteiger partial charge in [-0.2, -0.15) is 0 Å². The van der Waals surface area contributed by atoms with Crippen molar-refractivity contribution in [1.29, 1.82) is 0 Å². The fourth-order valence-corrected chi connectivity index (χ4v) is 1.57. The predicted octanol–water partition coefficient (Wildman–Crippen LogP) is 1.80. The summed E-state index contributed by atoms with van der Waals surface area (Å²) in [5.74, 6) is 6.30. The monoisotopic (exact) mass is 232 g/mol. The van der Waals surface area contributed by atoms with Crippen molar-refractivity contribution in [3.8, 4) is 0 Å². The first kappa shape index (κ1) is 11.5. The Morgan fingerprint density at radius 3 is 2.59 bits per heavy atom. The number of hydrazine groups is 1. The van der Waals surface area contributed by atoms with Crippen molar-refractivity contribution in [1.82, 2.24) is 9.97 Å². The molecule has 88 valence electrons. The fraction of sp³-hybridized carbons (Fsp3) is 0.167. The number of nitrogens with one attached hydrogen (secondary N) is 1. The first-order chi connectivity index (χ1) is 8.17. The highest BCUT2D eigenvalue weighted by Crippen LogP contribution is 2.10. The Morgan fingerprint density at radius 2 is 1.94 bits per heavy atom. The molecular formula is C12H13FN4. The molecule has 0 saturated carbocycles. The van der Waals surface area contributed by atoms with E-state index in [-0.39, 0.29) is 5.82 Å². The van der Waals surface area contributed by atoms with E-state index in [1.54, 1.807) is 18.2 Å². The van der Waals surface area contributed by atoms with Crippen molar-refractivity contribution in [3.05, 3.63) is 53.2 Å². The molecule has 1 heterocycles. The minimum Gasteiger partial charge on any atom is -0.308 e. The number of nitrogen functional groups attached to an aromatic ring is 1. The maximum absolute atomic E-state index is 12.8. The van der Waals surface area contributed by atoms with Crippen LogP contribution in [-0.4, -0.2) is 9.97 Å². The number of aryl methyl sites for hydroxylation is 1. The zero-order valence-corrected chi connectivity index (χ0v) is 9.44. The van der Waals surface area contributed by atoms with Crippen LogP contribution in [0, 0.1) is 12.7 Å². The largest absolute Gasteiger partial charge is 0.308 e. The maximum Gasteiger partial charge on any atom is 0.143 e. The molecular weight excluding hydrogens is 219 g/mol. The second-order valence-corrected chi connectivity index (χ2v) is 3.76. The van der Waals surface area contributed by atoms with E-state index in [1.807, 2.05) is 6.92 Å². The van der Waals surface area contributed by atoms with Gasteiger partial charge in [0.15, 0.2) is 0 Å². The summed E-state index contributed by atoms with van der Waals surface area (Å²) in [5.41, 5.74) is 4.29. The van der Waals surface area contributed by atoms with Gasteiger partial charge in [-0.3, -0.25) is 0 Å². The lowest BCUT2D eigenvalue weighted by atomic mass is 10.1. The molecule has 0 spiro atoms. The average Bonchev–Trinajstić information content (AvgIpc) is 2.31. The van der Waals surface area contributed by atoms with Gasteiger partial charge in [0.25, 0.3) is 0 Å². The van der Waals surface area contributed by atoms with Gasteiger partial charge in [0.2, 0.25) is 0 Å². The summed E-state index contributed by atoms with van der Waals surface area (Å²) in [6, 6.07) is 8.04. The van der Waals surface area contributed by atoms with Crippen LogP contribution in [-0.2, 0) is 6.42 Å². The molecule has 0 saturated heterocycles. The Labute approximate surface area is 98.7 Å². The molecule has 0 radical (unpaired) electrons. The van der Waals surface area contributed by atoms with Crippen molar-refractivity contribution >= 4 is 5.82 Å². The molecule has 0 amide bonds. The lowest BCUT2D eigenvalue weighted by Gasteiger charge is -2.05. The van der Waals surface area contributed by atoms with Gasteiger partial charge >= 0.3 is 0 Å². The van der Waals surface area contributed by atoms with Crippen LogP contribution >= 0.6 is 0 Å². The standard InChI is InChI=1S/C12H13FN4/c1-8-6-12(17-14)16-11(15-8)7-9-2-4-10(13)5-3-9/h2-6H,7,14H2,1H3,(H,15,16,17). The molecule has 2 rings (SSSR count). The number of hydrogen-bond donors (Lipinski definition) is 2. The summed E-state index contributed by atoms with van der Waals surface area (Å²) in [4.78, 5) is 8.53. The third kappa shape index (κ3) is 2.98. The molecule has 5 heteroatoms. The van der Waals surface area contributed by atoms with Crippen LogP contribution in [0.3, 0.4) is 0 Å². The average molecular weight is 232 g/mol. The summed E-state index contributed by atoms with van der Waals surface area (Å²) < 4.78 is 12.8. The molecule has 0 unspecified atom stereocenters. The highest BCUT2D eigenvalue weighted by Gasteiger charge is 2.03. The van der Waals surface area contributed by atoms with E-state index in [0.717, 1.165) is 11.3 Å². The van der Waals surface area contributed by atoms with Crippen LogP contribution in [0.4, 0.5) is 10.2 Å². The highest BCUT2D eigenvalue weighted by molar-refractivity contribution is 5.35. The lowest BCUT2D eigenvalue weighted by molar-refractivity contribution is 0.627.